The van der Waals surface area contributed by atoms with E-state index in [9.17, 15) is 9.18 Å². The minimum atomic E-state index is -0.847. The summed E-state index contributed by atoms with van der Waals surface area (Å²) in [5.41, 5.74) is 0. The Morgan fingerprint density at radius 2 is 2.30 bits per heavy atom. The van der Waals surface area contributed by atoms with Crippen molar-refractivity contribution in [2.75, 3.05) is 32.9 Å². The van der Waals surface area contributed by atoms with Crippen LogP contribution in [0.5, 0.6) is 5.75 Å². The molecule has 1 fully saturated rings. The minimum Gasteiger partial charge on any atom is -0.489 e. The fourth-order valence-electron chi connectivity index (χ4n) is 2.21. The molecule has 1 aromatic carbocycles. The average Bonchev–Trinajstić information content (AvgIpc) is 2.42. The van der Waals surface area contributed by atoms with Crippen molar-refractivity contribution >= 4 is 5.97 Å². The Bertz CT molecular complexity index is 455. The highest BCUT2D eigenvalue weighted by Crippen LogP contribution is 2.16. The number of nitrogens with zero attached hydrogens (tertiary/aromatic N) is 1. The maximum Gasteiger partial charge on any atom is 0.305 e. The summed E-state index contributed by atoms with van der Waals surface area (Å²) in [5.74, 6) is -1.02. The molecule has 1 saturated heterocycles. The number of aliphatic carboxylic acids is 1. The molecule has 1 atom stereocenters. The van der Waals surface area contributed by atoms with Crippen molar-refractivity contribution < 1.29 is 23.8 Å². The number of morpholine rings is 1. The lowest BCUT2D eigenvalue weighted by atomic mass is 10.1. The summed E-state index contributed by atoms with van der Waals surface area (Å²) in [6, 6.07) is 6.08. The van der Waals surface area contributed by atoms with Crippen LogP contribution < -0.4 is 4.74 Å². The fraction of sp³-hybridized carbons (Fsp3) is 0.500. The average molecular weight is 283 g/mol. The Morgan fingerprint density at radius 1 is 1.50 bits per heavy atom. The van der Waals surface area contributed by atoms with Gasteiger partial charge in [0.1, 0.15) is 6.61 Å². The molecule has 1 aliphatic rings. The third-order valence-electron chi connectivity index (χ3n) is 3.23. The van der Waals surface area contributed by atoms with E-state index in [4.69, 9.17) is 14.6 Å². The van der Waals surface area contributed by atoms with Crippen molar-refractivity contribution in [3.05, 3.63) is 30.1 Å². The molecular weight excluding hydrogens is 265 g/mol. The molecular formula is C14H18FNO4. The molecule has 0 aromatic heterocycles. The summed E-state index contributed by atoms with van der Waals surface area (Å²) in [7, 11) is 0. The van der Waals surface area contributed by atoms with Crippen molar-refractivity contribution in [1.82, 2.24) is 4.90 Å². The Hall–Kier alpha value is -1.66. The third-order valence-corrected chi connectivity index (χ3v) is 3.23. The Balaban J connectivity index is 1.82. The number of carboxylic acids is 1. The van der Waals surface area contributed by atoms with Crippen molar-refractivity contribution in [2.24, 2.45) is 0 Å². The molecule has 1 aromatic rings. The van der Waals surface area contributed by atoms with Crippen molar-refractivity contribution in [1.29, 1.82) is 0 Å². The highest BCUT2D eigenvalue weighted by molar-refractivity contribution is 5.67. The molecule has 0 saturated carbocycles. The second kappa shape index (κ2) is 7.21. The van der Waals surface area contributed by atoms with E-state index < -0.39 is 11.8 Å². The van der Waals surface area contributed by atoms with Gasteiger partial charge >= 0.3 is 5.97 Å². The van der Waals surface area contributed by atoms with E-state index in [2.05, 4.69) is 0 Å². The number of carboxylic acid groups (broad SMARTS) is 1. The van der Waals surface area contributed by atoms with Gasteiger partial charge in [0.2, 0.25) is 0 Å². The molecule has 1 N–H and O–H groups in total. The Morgan fingerprint density at radius 3 is 3.05 bits per heavy atom. The van der Waals surface area contributed by atoms with Crippen LogP contribution in [0, 0.1) is 5.82 Å². The van der Waals surface area contributed by atoms with Crippen LogP contribution in [0.4, 0.5) is 4.39 Å². The standard InChI is InChI=1S/C14H18FNO4/c15-12-3-1-2-4-13(12)20-8-6-16-5-7-19-10-11(16)9-14(17)18/h1-4,11H,5-10H2,(H,17,18). The smallest absolute Gasteiger partial charge is 0.305 e. The van der Waals surface area contributed by atoms with Crippen LogP contribution in [-0.4, -0.2) is 54.9 Å². The maximum absolute atomic E-state index is 13.4. The number of hydrogen-bond donors (Lipinski definition) is 1. The summed E-state index contributed by atoms with van der Waals surface area (Å²) < 4.78 is 24.0. The molecule has 1 unspecified atom stereocenters. The van der Waals surface area contributed by atoms with Gasteiger partial charge in [0.15, 0.2) is 11.6 Å². The van der Waals surface area contributed by atoms with Crippen LogP contribution in [0.25, 0.3) is 0 Å². The molecule has 1 aliphatic heterocycles. The first-order valence-corrected chi connectivity index (χ1v) is 6.57. The molecule has 5 nitrogen and oxygen atoms in total. The summed E-state index contributed by atoms with van der Waals surface area (Å²) in [6.07, 6.45) is 0.0414. The molecule has 20 heavy (non-hydrogen) atoms. The number of carbonyl (C=O) groups is 1. The second-order valence-corrected chi connectivity index (χ2v) is 4.64. The summed E-state index contributed by atoms with van der Waals surface area (Å²) in [5, 5.41) is 8.86. The number of para-hydroxylation sites is 1. The third kappa shape index (κ3) is 4.18. The normalized spacial score (nSPS) is 19.8. The van der Waals surface area contributed by atoms with E-state index in [-0.39, 0.29) is 18.2 Å². The van der Waals surface area contributed by atoms with Gasteiger partial charge in [-0.2, -0.15) is 0 Å². The summed E-state index contributed by atoms with van der Waals surface area (Å²) in [4.78, 5) is 12.8. The minimum absolute atomic E-state index is 0.0414. The van der Waals surface area contributed by atoms with Crippen LogP contribution in [-0.2, 0) is 9.53 Å². The molecule has 0 spiro atoms. The van der Waals surface area contributed by atoms with E-state index in [1.165, 1.54) is 6.07 Å². The number of rotatable bonds is 6. The van der Waals surface area contributed by atoms with E-state index in [1.807, 2.05) is 4.90 Å². The van der Waals surface area contributed by atoms with Gasteiger partial charge < -0.3 is 14.6 Å². The topological polar surface area (TPSA) is 59.0 Å². The van der Waals surface area contributed by atoms with Crippen LogP contribution in [0.15, 0.2) is 24.3 Å². The Kier molecular flexibility index (Phi) is 5.31. The van der Waals surface area contributed by atoms with Gasteiger partial charge in [0.05, 0.1) is 19.6 Å². The van der Waals surface area contributed by atoms with Gasteiger partial charge in [0.25, 0.3) is 0 Å². The SMILES string of the molecule is O=C(O)CC1COCCN1CCOc1ccccc1F. The maximum atomic E-state index is 13.4. The molecule has 0 radical (unpaired) electrons. The fourth-order valence-corrected chi connectivity index (χ4v) is 2.21. The van der Waals surface area contributed by atoms with E-state index in [0.29, 0.717) is 32.9 Å². The van der Waals surface area contributed by atoms with Gasteiger partial charge in [0, 0.05) is 19.1 Å². The largest absolute Gasteiger partial charge is 0.489 e. The van der Waals surface area contributed by atoms with Crippen LogP contribution >= 0.6 is 0 Å². The molecule has 110 valence electrons. The van der Waals surface area contributed by atoms with E-state index in [0.717, 1.165) is 0 Å². The number of ether oxygens (including phenoxy) is 2. The zero-order valence-corrected chi connectivity index (χ0v) is 11.1. The lowest BCUT2D eigenvalue weighted by Crippen LogP contribution is -2.48. The lowest BCUT2D eigenvalue weighted by molar-refractivity contribution is -0.140. The van der Waals surface area contributed by atoms with Gasteiger partial charge in [-0.05, 0) is 12.1 Å². The van der Waals surface area contributed by atoms with Crippen LogP contribution in [0.2, 0.25) is 0 Å². The second-order valence-electron chi connectivity index (χ2n) is 4.64. The highest BCUT2D eigenvalue weighted by atomic mass is 19.1. The van der Waals surface area contributed by atoms with Crippen LogP contribution in [0.3, 0.4) is 0 Å². The monoisotopic (exact) mass is 283 g/mol. The predicted molar refractivity (Wildman–Crippen MR) is 70.3 cm³/mol. The quantitative estimate of drug-likeness (QED) is 0.854. The lowest BCUT2D eigenvalue weighted by Gasteiger charge is -2.34. The van der Waals surface area contributed by atoms with E-state index >= 15 is 0 Å². The number of hydrogen-bond acceptors (Lipinski definition) is 4. The Labute approximate surface area is 116 Å². The number of benzene rings is 1. The van der Waals surface area contributed by atoms with Gasteiger partial charge in [-0.15, -0.1) is 0 Å². The first kappa shape index (κ1) is 14.7. The first-order chi connectivity index (χ1) is 9.66. The molecule has 0 bridgehead atoms. The molecule has 0 amide bonds. The molecule has 1 heterocycles. The molecule has 2 rings (SSSR count). The highest BCUT2D eigenvalue weighted by Gasteiger charge is 2.25. The van der Waals surface area contributed by atoms with Gasteiger partial charge in [-0.1, -0.05) is 12.1 Å². The zero-order valence-electron chi connectivity index (χ0n) is 11.1. The van der Waals surface area contributed by atoms with Crippen molar-refractivity contribution in [2.45, 2.75) is 12.5 Å². The van der Waals surface area contributed by atoms with Crippen LogP contribution in [0.1, 0.15) is 6.42 Å². The zero-order chi connectivity index (χ0) is 14.4. The molecule has 6 heteroatoms. The van der Waals surface area contributed by atoms with E-state index in [1.54, 1.807) is 18.2 Å². The summed E-state index contributed by atoms with van der Waals surface area (Å²) >= 11 is 0. The number of halogens is 1. The first-order valence-electron chi connectivity index (χ1n) is 6.57. The van der Waals surface area contributed by atoms with Gasteiger partial charge in [-0.3, -0.25) is 9.69 Å². The van der Waals surface area contributed by atoms with Gasteiger partial charge in [-0.25, -0.2) is 4.39 Å². The summed E-state index contributed by atoms with van der Waals surface area (Å²) in [6.45, 7) is 2.52. The van der Waals surface area contributed by atoms with Crippen molar-refractivity contribution in [3.8, 4) is 5.75 Å². The molecule has 0 aliphatic carbocycles. The predicted octanol–water partition coefficient (Wildman–Crippen LogP) is 1.38. The van der Waals surface area contributed by atoms with Crippen molar-refractivity contribution in [3.63, 3.8) is 0 Å².